The maximum atomic E-state index is 9.90. The molecule has 0 rings (SSSR count). The number of carbonyl (C=O) groups is 2. The molecule has 0 aliphatic rings. The van der Waals surface area contributed by atoms with Gasteiger partial charge in [-0.05, 0) is 13.1 Å². The Morgan fingerprint density at radius 1 is 1.11 bits per heavy atom. The molecule has 0 unspecified atom stereocenters. The van der Waals surface area contributed by atoms with Gasteiger partial charge in [0.1, 0.15) is 0 Å². The number of hydrogen-bond acceptors (Lipinski definition) is 5. The van der Waals surface area contributed by atoms with Crippen LogP contribution in [0.4, 0.5) is 9.59 Å². The summed E-state index contributed by atoms with van der Waals surface area (Å²) in [5, 5.41) is 1.43. The maximum absolute atomic E-state index is 9.90. The third kappa shape index (κ3) is 195. The van der Waals surface area contributed by atoms with E-state index in [0.29, 0.717) is 13.1 Å². The molecule has 0 saturated carbocycles. The van der Waals surface area contributed by atoms with Gasteiger partial charge in [-0.2, -0.15) is 0 Å². The van der Waals surface area contributed by atoms with Crippen LogP contribution in [0.1, 0.15) is 15.3 Å². The summed E-state index contributed by atoms with van der Waals surface area (Å²) in [6.07, 6.45) is 0. The van der Waals surface area contributed by atoms with Gasteiger partial charge < -0.3 is 29.7 Å². The molecule has 0 fully saturated rings. The topological polar surface area (TPSA) is 150 Å². The van der Waals surface area contributed by atoms with E-state index in [-0.39, 0.29) is 36.2 Å². The van der Waals surface area contributed by atoms with Crippen LogP contribution in [0.3, 0.4) is 0 Å². The monoisotopic (exact) mass is 311 g/mol. The van der Waals surface area contributed by atoms with Gasteiger partial charge in [0.25, 0.3) is 10.5 Å². The Morgan fingerprint density at radius 2 is 1.33 bits per heavy atom. The summed E-state index contributed by atoms with van der Waals surface area (Å²) >= 11 is 6.53. The fraction of sp³-hybridized carbons (Fsp3) is 0.750. The van der Waals surface area contributed by atoms with E-state index in [4.69, 9.17) is 22.0 Å². The van der Waals surface area contributed by atoms with Crippen LogP contribution in [0.5, 0.6) is 0 Å². The SMILES string of the molecule is CCN.CCN.NC(=O)S.NCCNC(=O)S.[H-].[Na+]. The number of hydrogen-bond donors (Lipinski definition) is 7. The average molecular weight is 311 g/mol. The van der Waals surface area contributed by atoms with Gasteiger partial charge in [0.05, 0.1) is 0 Å². The normalized spacial score (nSPS) is 6.61. The van der Waals surface area contributed by atoms with E-state index in [9.17, 15) is 4.79 Å². The van der Waals surface area contributed by atoms with Crippen molar-refractivity contribution in [1.82, 2.24) is 5.32 Å². The van der Waals surface area contributed by atoms with Crippen LogP contribution in [-0.4, -0.2) is 36.7 Å². The largest absolute Gasteiger partial charge is 1.00 e. The Kier molecular flexibility index (Phi) is 62.2. The predicted molar refractivity (Wildman–Crippen MR) is 80.6 cm³/mol. The van der Waals surface area contributed by atoms with E-state index in [1.54, 1.807) is 0 Å². The van der Waals surface area contributed by atoms with Crippen molar-refractivity contribution < 1.29 is 40.6 Å². The molecule has 0 spiro atoms. The first-order valence-corrected chi connectivity index (χ1v) is 5.78. The van der Waals surface area contributed by atoms with Crippen LogP contribution in [0.15, 0.2) is 0 Å². The molecule has 0 bridgehead atoms. The van der Waals surface area contributed by atoms with Gasteiger partial charge in [-0.1, -0.05) is 39.1 Å². The number of thiol groups is 2. The first kappa shape index (κ1) is 31.1. The molecule has 108 valence electrons. The zero-order valence-corrected chi connectivity index (χ0v) is 15.1. The fourth-order valence-corrected chi connectivity index (χ4v) is 0.291. The minimum Gasteiger partial charge on any atom is -1.00 e. The Morgan fingerprint density at radius 3 is 1.39 bits per heavy atom. The second-order valence-electron chi connectivity index (χ2n) is 2.18. The molecule has 7 nitrogen and oxygen atoms in total. The van der Waals surface area contributed by atoms with E-state index < -0.39 is 5.24 Å². The summed E-state index contributed by atoms with van der Waals surface area (Å²) in [6, 6.07) is 0. The van der Waals surface area contributed by atoms with Crippen LogP contribution >= 0.6 is 25.3 Å². The molecule has 9 N–H and O–H groups in total. The van der Waals surface area contributed by atoms with Crippen molar-refractivity contribution in [2.75, 3.05) is 26.2 Å². The third-order valence-electron chi connectivity index (χ3n) is 0.421. The van der Waals surface area contributed by atoms with Crippen molar-refractivity contribution in [2.45, 2.75) is 13.8 Å². The molecule has 2 amide bonds. The molecule has 0 aromatic carbocycles. The minimum absolute atomic E-state index is 0. The van der Waals surface area contributed by atoms with E-state index in [1.807, 2.05) is 13.8 Å². The number of nitrogens with two attached hydrogens (primary N) is 4. The van der Waals surface area contributed by atoms with Crippen LogP contribution in [0, 0.1) is 0 Å². The van der Waals surface area contributed by atoms with Crippen LogP contribution < -0.4 is 57.8 Å². The summed E-state index contributed by atoms with van der Waals surface area (Å²) in [5.41, 5.74) is 19.1. The van der Waals surface area contributed by atoms with Crippen molar-refractivity contribution in [3.8, 4) is 0 Å². The zero-order valence-electron chi connectivity index (χ0n) is 12.3. The van der Waals surface area contributed by atoms with Crippen molar-refractivity contribution in [3.05, 3.63) is 0 Å². The van der Waals surface area contributed by atoms with Gasteiger partial charge in [0, 0.05) is 13.1 Å². The van der Waals surface area contributed by atoms with Crippen LogP contribution in [0.25, 0.3) is 0 Å². The van der Waals surface area contributed by atoms with Gasteiger partial charge in [0.15, 0.2) is 0 Å². The van der Waals surface area contributed by atoms with E-state index in [1.165, 1.54) is 0 Å². The molecule has 0 atom stereocenters. The fourth-order valence-electron chi connectivity index (χ4n) is 0.179. The van der Waals surface area contributed by atoms with Crippen LogP contribution in [-0.2, 0) is 0 Å². The maximum Gasteiger partial charge on any atom is 1.00 e. The smallest absolute Gasteiger partial charge is 1.00 e. The molecule has 0 aromatic heterocycles. The van der Waals surface area contributed by atoms with Gasteiger partial charge >= 0.3 is 29.6 Å². The number of rotatable bonds is 2. The van der Waals surface area contributed by atoms with Crippen molar-refractivity contribution in [2.24, 2.45) is 22.9 Å². The summed E-state index contributed by atoms with van der Waals surface area (Å²) < 4.78 is 0. The number of carbonyl (C=O) groups excluding carboxylic acids is 2. The number of amides is 2. The molecule has 0 aliphatic carbocycles. The molecule has 0 saturated heterocycles. The van der Waals surface area contributed by atoms with Gasteiger partial charge in [-0.25, -0.2) is 0 Å². The molecule has 18 heavy (non-hydrogen) atoms. The average Bonchev–Trinajstić information content (AvgIpc) is 2.16. The molecule has 0 heterocycles. The van der Waals surface area contributed by atoms with Crippen molar-refractivity contribution >= 4 is 35.7 Å². The predicted octanol–water partition coefficient (Wildman–Crippen LogP) is -3.37. The van der Waals surface area contributed by atoms with Crippen molar-refractivity contribution in [1.29, 1.82) is 0 Å². The minimum atomic E-state index is -0.639. The quantitative estimate of drug-likeness (QED) is 0.210. The van der Waals surface area contributed by atoms with Gasteiger partial charge in [-0.3, -0.25) is 9.59 Å². The molecular weight excluding hydrogens is 285 g/mol. The van der Waals surface area contributed by atoms with Crippen molar-refractivity contribution in [3.63, 3.8) is 0 Å². The second-order valence-corrected chi connectivity index (χ2v) is 3.02. The van der Waals surface area contributed by atoms with Gasteiger partial charge in [-0.15, -0.1) is 0 Å². The van der Waals surface area contributed by atoms with E-state index in [2.05, 4.69) is 36.3 Å². The summed E-state index contributed by atoms with van der Waals surface area (Å²) in [7, 11) is 0. The zero-order chi connectivity index (χ0) is 14.7. The third-order valence-corrected chi connectivity index (χ3v) is 0.579. The molecular formula is C8H26N5NaO2S2. The van der Waals surface area contributed by atoms with Crippen LogP contribution in [0.2, 0.25) is 0 Å². The standard InChI is InChI=1S/C3H8N2OS.2C2H7N.CH3NOS.Na.H/c4-1-2-5-3(6)7;2*1-2-3;2-1(3)4;;/h1-2,4H2,(H2,5,6,7);2*2-3H2,1H3;(H3,2,3,4);;/q;;;;+1;-1. The van der Waals surface area contributed by atoms with E-state index in [0.717, 1.165) is 13.1 Å². The molecule has 0 aromatic rings. The Hall–Kier alpha value is 0.520. The summed E-state index contributed by atoms with van der Waals surface area (Å²) in [5.74, 6) is 0. The van der Waals surface area contributed by atoms with E-state index >= 15 is 0 Å². The molecule has 0 aliphatic heterocycles. The summed E-state index contributed by atoms with van der Waals surface area (Å²) in [4.78, 5) is 19.0. The Bertz CT molecular complexity index is 166. The molecule has 0 radical (unpaired) electrons. The summed E-state index contributed by atoms with van der Waals surface area (Å²) in [6.45, 7) is 6.27. The van der Waals surface area contributed by atoms with Gasteiger partial charge in [0.2, 0.25) is 0 Å². The second kappa shape index (κ2) is 36.0. The first-order chi connectivity index (χ1) is 7.83. The number of nitrogens with one attached hydrogen (secondary N) is 1. The Balaban J connectivity index is -0.0000000309. The Labute approximate surface area is 144 Å². The first-order valence-electron chi connectivity index (χ1n) is 4.89. The molecule has 10 heteroatoms. The number of primary amides is 1.